The first-order valence-corrected chi connectivity index (χ1v) is 5.35. The molecule has 1 aliphatic carbocycles. The Morgan fingerprint density at radius 2 is 2.28 bits per heavy atom. The van der Waals surface area contributed by atoms with Crippen LogP contribution in [0.3, 0.4) is 0 Å². The van der Waals surface area contributed by atoms with E-state index in [9.17, 15) is 9.18 Å². The second-order valence-corrected chi connectivity index (χ2v) is 3.69. The van der Waals surface area contributed by atoms with E-state index in [4.69, 9.17) is 5.11 Å². The van der Waals surface area contributed by atoms with E-state index >= 15 is 0 Å². The van der Waals surface area contributed by atoms with Gasteiger partial charge < -0.3 is 10.4 Å². The van der Waals surface area contributed by atoms with Crippen molar-refractivity contribution in [3.05, 3.63) is 59.7 Å². The lowest BCUT2D eigenvalue weighted by Crippen LogP contribution is -2.02. The number of rotatable bonds is 3. The Bertz CT molecular complexity index is 545. The standard InChI is InChI=1S/C13H11FN2O2/c14-10-3-1-2-4-11(7-10)16-12-6-5-9(8-15-12)13(17)18/h2-8H,1H2,(H,15,16)(H,17,18). The molecule has 0 spiro atoms. The summed E-state index contributed by atoms with van der Waals surface area (Å²) in [5.41, 5.74) is 0.675. The van der Waals surface area contributed by atoms with Crippen molar-refractivity contribution in [1.29, 1.82) is 0 Å². The summed E-state index contributed by atoms with van der Waals surface area (Å²) in [5, 5.41) is 11.6. The van der Waals surface area contributed by atoms with Gasteiger partial charge in [0.25, 0.3) is 0 Å². The number of hydrogen-bond acceptors (Lipinski definition) is 3. The summed E-state index contributed by atoms with van der Waals surface area (Å²) in [6, 6.07) is 2.97. The van der Waals surface area contributed by atoms with Gasteiger partial charge in [0.05, 0.1) is 5.56 Å². The Kier molecular flexibility index (Phi) is 3.52. The Balaban J connectivity index is 2.14. The molecule has 0 atom stereocenters. The van der Waals surface area contributed by atoms with Crippen LogP contribution >= 0.6 is 0 Å². The fourth-order valence-electron chi connectivity index (χ4n) is 1.45. The van der Waals surface area contributed by atoms with Crippen LogP contribution in [0.4, 0.5) is 10.2 Å². The summed E-state index contributed by atoms with van der Waals surface area (Å²) in [7, 11) is 0. The number of hydrogen-bond donors (Lipinski definition) is 2. The normalized spacial score (nSPS) is 14.5. The van der Waals surface area contributed by atoms with Crippen molar-refractivity contribution >= 4 is 11.8 Å². The van der Waals surface area contributed by atoms with Gasteiger partial charge in [-0.2, -0.15) is 0 Å². The van der Waals surface area contributed by atoms with Gasteiger partial charge in [-0.1, -0.05) is 6.08 Å². The molecule has 0 saturated heterocycles. The third-order valence-corrected chi connectivity index (χ3v) is 2.32. The minimum Gasteiger partial charge on any atom is -0.478 e. The summed E-state index contributed by atoms with van der Waals surface area (Å²) in [6.45, 7) is 0. The zero-order valence-corrected chi connectivity index (χ0v) is 9.43. The van der Waals surface area contributed by atoms with Gasteiger partial charge in [0.15, 0.2) is 0 Å². The number of halogens is 1. The molecule has 18 heavy (non-hydrogen) atoms. The fourth-order valence-corrected chi connectivity index (χ4v) is 1.45. The monoisotopic (exact) mass is 246 g/mol. The smallest absolute Gasteiger partial charge is 0.337 e. The number of aromatic nitrogens is 1. The lowest BCUT2D eigenvalue weighted by atomic mass is 10.3. The molecule has 0 radical (unpaired) electrons. The fraction of sp³-hybridized carbons (Fsp3) is 0.0769. The molecule has 5 heteroatoms. The average molecular weight is 246 g/mol. The first kappa shape index (κ1) is 12.0. The predicted molar refractivity (Wildman–Crippen MR) is 65.8 cm³/mol. The van der Waals surface area contributed by atoms with Crippen molar-refractivity contribution in [3.8, 4) is 0 Å². The Hall–Kier alpha value is -2.43. The number of nitrogens with zero attached hydrogens (tertiary/aromatic N) is 1. The number of anilines is 1. The zero-order valence-electron chi connectivity index (χ0n) is 9.43. The van der Waals surface area contributed by atoms with Crippen molar-refractivity contribution in [1.82, 2.24) is 4.98 Å². The molecule has 0 saturated carbocycles. The molecule has 1 aromatic heterocycles. The summed E-state index contributed by atoms with van der Waals surface area (Å²) in [6.07, 6.45) is 8.17. The van der Waals surface area contributed by atoms with Crippen molar-refractivity contribution in [2.24, 2.45) is 0 Å². The molecule has 92 valence electrons. The summed E-state index contributed by atoms with van der Waals surface area (Å²) in [5.74, 6) is -0.883. The molecule has 1 aromatic rings. The van der Waals surface area contributed by atoms with E-state index in [0.29, 0.717) is 17.9 Å². The third kappa shape index (κ3) is 3.04. The highest BCUT2D eigenvalue weighted by Crippen LogP contribution is 2.14. The van der Waals surface area contributed by atoms with Gasteiger partial charge in [0.2, 0.25) is 0 Å². The first-order chi connectivity index (χ1) is 8.65. The van der Waals surface area contributed by atoms with Gasteiger partial charge in [-0.25, -0.2) is 14.2 Å². The molecule has 0 bridgehead atoms. The quantitative estimate of drug-likeness (QED) is 0.860. The van der Waals surface area contributed by atoms with Crippen molar-refractivity contribution in [2.75, 3.05) is 5.32 Å². The Morgan fingerprint density at radius 3 is 2.94 bits per heavy atom. The van der Waals surface area contributed by atoms with E-state index in [1.165, 1.54) is 30.5 Å². The summed E-state index contributed by atoms with van der Waals surface area (Å²) >= 11 is 0. The third-order valence-electron chi connectivity index (χ3n) is 2.32. The molecule has 0 aliphatic heterocycles. The molecule has 2 rings (SSSR count). The van der Waals surface area contributed by atoms with Crippen LogP contribution in [0.15, 0.2) is 54.2 Å². The number of carbonyl (C=O) groups is 1. The highest BCUT2D eigenvalue weighted by molar-refractivity contribution is 5.87. The van der Waals surface area contributed by atoms with E-state index < -0.39 is 5.97 Å². The van der Waals surface area contributed by atoms with Crippen LogP contribution in [0.2, 0.25) is 0 Å². The minimum atomic E-state index is -1.03. The number of pyridine rings is 1. The van der Waals surface area contributed by atoms with Crippen molar-refractivity contribution in [3.63, 3.8) is 0 Å². The second kappa shape index (κ2) is 5.27. The molecular formula is C13H11FN2O2. The van der Waals surface area contributed by atoms with Gasteiger partial charge in [-0.05, 0) is 36.8 Å². The molecule has 0 aromatic carbocycles. The highest BCUT2D eigenvalue weighted by Gasteiger charge is 2.04. The van der Waals surface area contributed by atoms with E-state index in [-0.39, 0.29) is 11.4 Å². The number of carboxylic acids is 1. The molecule has 1 heterocycles. The topological polar surface area (TPSA) is 62.2 Å². The second-order valence-electron chi connectivity index (χ2n) is 3.69. The van der Waals surface area contributed by atoms with Gasteiger partial charge in [-0.15, -0.1) is 0 Å². The first-order valence-electron chi connectivity index (χ1n) is 5.35. The van der Waals surface area contributed by atoms with Crippen LogP contribution in [0, 0.1) is 0 Å². The van der Waals surface area contributed by atoms with Gasteiger partial charge in [0.1, 0.15) is 11.6 Å². The van der Waals surface area contributed by atoms with Gasteiger partial charge in [0, 0.05) is 11.9 Å². The maximum atomic E-state index is 13.2. The lowest BCUT2D eigenvalue weighted by Gasteiger charge is -2.05. The minimum absolute atomic E-state index is 0.108. The van der Waals surface area contributed by atoms with Crippen LogP contribution in [0.5, 0.6) is 0 Å². The van der Waals surface area contributed by atoms with Crippen LogP contribution in [-0.2, 0) is 0 Å². The Morgan fingerprint density at radius 1 is 1.44 bits per heavy atom. The lowest BCUT2D eigenvalue weighted by molar-refractivity contribution is 0.0696. The number of carboxylic acid groups (broad SMARTS) is 1. The average Bonchev–Trinajstić information content (AvgIpc) is 2.54. The van der Waals surface area contributed by atoms with Gasteiger partial charge >= 0.3 is 5.97 Å². The van der Waals surface area contributed by atoms with Crippen molar-refractivity contribution < 1.29 is 14.3 Å². The predicted octanol–water partition coefficient (Wildman–Crippen LogP) is 2.89. The molecular weight excluding hydrogens is 235 g/mol. The molecule has 0 unspecified atom stereocenters. The van der Waals surface area contributed by atoms with Crippen molar-refractivity contribution in [2.45, 2.75) is 6.42 Å². The van der Waals surface area contributed by atoms with E-state index in [1.807, 2.05) is 6.08 Å². The number of nitrogens with one attached hydrogen (secondary N) is 1. The molecule has 4 nitrogen and oxygen atoms in total. The van der Waals surface area contributed by atoms with Crippen LogP contribution in [0.25, 0.3) is 0 Å². The van der Waals surface area contributed by atoms with E-state index in [2.05, 4.69) is 10.3 Å². The largest absolute Gasteiger partial charge is 0.478 e. The molecule has 0 fully saturated rings. The molecule has 2 N–H and O–H groups in total. The van der Waals surface area contributed by atoms with Crippen LogP contribution < -0.4 is 5.32 Å². The van der Waals surface area contributed by atoms with E-state index in [0.717, 1.165) is 0 Å². The Labute approximate surface area is 103 Å². The van der Waals surface area contributed by atoms with E-state index in [1.54, 1.807) is 6.08 Å². The number of aromatic carboxylic acids is 1. The van der Waals surface area contributed by atoms with Crippen LogP contribution in [-0.4, -0.2) is 16.1 Å². The zero-order chi connectivity index (χ0) is 13.0. The van der Waals surface area contributed by atoms with Crippen LogP contribution in [0.1, 0.15) is 16.8 Å². The number of allylic oxidation sites excluding steroid dienone is 5. The maximum absolute atomic E-state index is 13.2. The molecule has 0 amide bonds. The SMILES string of the molecule is O=C(O)c1ccc(NC2=CC(F)=CCC=C2)nc1. The van der Waals surface area contributed by atoms with Gasteiger partial charge in [-0.3, -0.25) is 0 Å². The summed E-state index contributed by atoms with van der Waals surface area (Å²) < 4.78 is 13.2. The maximum Gasteiger partial charge on any atom is 0.337 e. The summed E-state index contributed by atoms with van der Waals surface area (Å²) in [4.78, 5) is 14.6. The highest BCUT2D eigenvalue weighted by atomic mass is 19.1. The molecule has 1 aliphatic rings.